The van der Waals surface area contributed by atoms with Gasteiger partial charge in [0, 0.05) is 0 Å². The maximum absolute atomic E-state index is 3.03. The van der Waals surface area contributed by atoms with Crippen LogP contribution in [-0.2, 0) is 0 Å². The minimum atomic E-state index is -1.42. The van der Waals surface area contributed by atoms with Gasteiger partial charge < -0.3 is 0 Å². The van der Waals surface area contributed by atoms with E-state index in [1.165, 1.54) is 115 Å². The third kappa shape index (κ3) is 13.4. The molecule has 0 rings (SSSR count). The van der Waals surface area contributed by atoms with Crippen molar-refractivity contribution in [2.24, 2.45) is 0 Å². The Kier molecular flexibility index (Phi) is 17.8. The molecule has 0 aromatic heterocycles. The molecule has 0 unspecified atom stereocenters. The van der Waals surface area contributed by atoms with Crippen molar-refractivity contribution in [3.8, 4) is 0 Å². The molecule has 0 aliphatic carbocycles. The van der Waals surface area contributed by atoms with Crippen LogP contribution in [0.15, 0.2) is 0 Å². The van der Waals surface area contributed by atoms with Gasteiger partial charge in [-0.3, -0.25) is 0 Å². The first-order chi connectivity index (χ1) is 12.5. The van der Waals surface area contributed by atoms with Crippen LogP contribution in [0.1, 0.15) is 130 Å². The average Bonchev–Trinajstić information content (AvgIpc) is 2.66. The summed E-state index contributed by atoms with van der Waals surface area (Å²) in [6, 6.07) is 0. The van der Waals surface area contributed by atoms with Gasteiger partial charge in [-0.2, -0.15) is 0 Å². The number of hydrogen-bond acceptors (Lipinski definition) is 0. The predicted octanol–water partition coefficient (Wildman–Crippen LogP) is 10.2. The van der Waals surface area contributed by atoms with Crippen LogP contribution in [0.25, 0.3) is 0 Å². The third-order valence-electron chi connectivity index (χ3n) is 6.72. The van der Waals surface area contributed by atoms with Crippen molar-refractivity contribution in [1.82, 2.24) is 0 Å². The summed E-state index contributed by atoms with van der Waals surface area (Å²) in [7, 11) is 0. The van der Waals surface area contributed by atoms with E-state index in [1.54, 1.807) is 12.3 Å². The van der Waals surface area contributed by atoms with Crippen molar-refractivity contribution in [3.63, 3.8) is 0 Å². The van der Waals surface area contributed by atoms with Crippen molar-refractivity contribution in [2.75, 3.05) is 24.6 Å². The van der Waals surface area contributed by atoms with Gasteiger partial charge in [0.1, 0.15) is 0 Å². The van der Waals surface area contributed by atoms with Crippen LogP contribution < -0.4 is 0 Å². The van der Waals surface area contributed by atoms with Gasteiger partial charge in [-0.15, -0.1) is 0 Å². The van der Waals surface area contributed by atoms with Gasteiger partial charge in [0.2, 0.25) is 0 Å². The molecule has 2 heteroatoms. The fourth-order valence-electron chi connectivity index (χ4n) is 4.25. The molecule has 0 saturated heterocycles. The summed E-state index contributed by atoms with van der Waals surface area (Å²) in [5.74, 6) is 0. The topological polar surface area (TPSA) is 0 Å². The number of rotatable bonds is 20. The van der Waals surface area contributed by atoms with Gasteiger partial charge in [-0.25, -0.2) is 0 Å². The molecule has 0 heterocycles. The number of unbranched alkanes of at least 4 members (excludes halogenated alkanes) is 14. The fraction of sp³-hybridized carbons (Fsp3) is 1.00. The first-order valence-corrected chi connectivity index (χ1v) is 18.0. The second kappa shape index (κ2) is 17.1. The molecule has 0 N–H and O–H groups in total. The van der Waals surface area contributed by atoms with Crippen LogP contribution >= 0.6 is 26.3 Å². The molecule has 0 bridgehead atoms. The molecule has 0 saturated carbocycles. The summed E-state index contributed by atoms with van der Waals surface area (Å²) >= 11 is 3.03. The summed E-state index contributed by atoms with van der Waals surface area (Å²) in [5.41, 5.74) is 0. The first kappa shape index (κ1) is 27.2. The molecule has 0 aromatic rings. The Morgan fingerprint density at radius 2 is 0.692 bits per heavy atom. The van der Waals surface area contributed by atoms with Gasteiger partial charge >= 0.3 is 181 Å². The minimum absolute atomic E-state index is 1.37. The van der Waals surface area contributed by atoms with E-state index >= 15 is 0 Å². The van der Waals surface area contributed by atoms with E-state index in [0.717, 1.165) is 0 Å². The molecule has 0 aliphatic rings. The molecule has 0 radical (unpaired) electrons. The molecular weight excluding hydrogens is 446 g/mol. The fourth-order valence-corrected chi connectivity index (χ4v) is 10.3. The predicted molar refractivity (Wildman–Crippen MR) is 137 cm³/mol. The Bertz CT molecular complexity index is 275. The quantitative estimate of drug-likeness (QED) is 0.0890. The van der Waals surface area contributed by atoms with Gasteiger partial charge in [0.25, 0.3) is 0 Å². The van der Waals surface area contributed by atoms with E-state index in [4.69, 9.17) is 0 Å². The molecule has 0 amide bonds. The van der Waals surface area contributed by atoms with Gasteiger partial charge in [-0.05, 0) is 0 Å². The van der Waals surface area contributed by atoms with E-state index in [0.29, 0.717) is 0 Å². The van der Waals surface area contributed by atoms with Crippen LogP contribution in [0.2, 0.25) is 0 Å². The van der Waals surface area contributed by atoms with E-state index in [1.807, 2.05) is 0 Å². The van der Waals surface area contributed by atoms with Crippen LogP contribution in [0.5, 0.6) is 0 Å². The molecular formula is C24H52IP. The number of hydrogen-bond donors (Lipinski definition) is 0. The molecule has 26 heavy (non-hydrogen) atoms. The van der Waals surface area contributed by atoms with Crippen LogP contribution in [-0.4, -0.2) is 24.6 Å². The summed E-state index contributed by atoms with van der Waals surface area (Å²) in [4.78, 5) is 0. The molecule has 0 fully saturated rings. The molecule has 0 aliphatic heterocycles. The molecule has 0 nitrogen and oxygen atoms in total. The Labute approximate surface area is 180 Å². The Morgan fingerprint density at radius 3 is 0.962 bits per heavy atom. The second-order valence-corrected chi connectivity index (χ2v) is 22.8. The van der Waals surface area contributed by atoms with E-state index in [9.17, 15) is 0 Å². The standard InChI is InChI=1S/C24H52IP/c1-5-9-11-13-15-17-19-21-23-26(25,7-3,8-4)24-22-20-18-16-14-12-10-6-2/h5-24H2,1-4H3. The Hall–Kier alpha value is 1.16. The normalized spacial score (nSPS) is 13.7. The zero-order valence-corrected chi connectivity index (χ0v) is 22.0. The first-order valence-electron chi connectivity index (χ1n) is 12.3. The second-order valence-electron chi connectivity index (χ2n) is 8.85. The Balaban J connectivity index is 3.95. The van der Waals surface area contributed by atoms with Crippen molar-refractivity contribution >= 4 is 26.3 Å². The zero-order valence-electron chi connectivity index (χ0n) is 19.0. The third-order valence-corrected chi connectivity index (χ3v) is 19.7. The molecule has 0 spiro atoms. The van der Waals surface area contributed by atoms with Crippen LogP contribution in [0.4, 0.5) is 0 Å². The van der Waals surface area contributed by atoms with Gasteiger partial charge in [0.15, 0.2) is 0 Å². The van der Waals surface area contributed by atoms with E-state index in [2.05, 4.69) is 49.7 Å². The molecule has 0 atom stereocenters. The SMILES string of the molecule is CCCCCCCCCCP(I)(CC)(CC)CCCCCCCCCC. The summed E-state index contributed by atoms with van der Waals surface area (Å²) < 4.78 is -1.42. The van der Waals surface area contributed by atoms with Crippen LogP contribution in [0.3, 0.4) is 0 Å². The average molecular weight is 499 g/mol. The van der Waals surface area contributed by atoms with Crippen molar-refractivity contribution in [2.45, 2.75) is 130 Å². The summed E-state index contributed by atoms with van der Waals surface area (Å²) in [6.45, 7) is 9.63. The van der Waals surface area contributed by atoms with Crippen molar-refractivity contribution < 1.29 is 0 Å². The molecule has 0 aromatic carbocycles. The number of halogens is 1. The summed E-state index contributed by atoms with van der Waals surface area (Å²) in [6.07, 6.45) is 29.5. The van der Waals surface area contributed by atoms with Crippen LogP contribution in [0, 0.1) is 0 Å². The van der Waals surface area contributed by atoms with Crippen molar-refractivity contribution in [1.29, 1.82) is 0 Å². The Morgan fingerprint density at radius 1 is 0.423 bits per heavy atom. The van der Waals surface area contributed by atoms with E-state index < -0.39 is 4.25 Å². The summed E-state index contributed by atoms with van der Waals surface area (Å²) in [5, 5.41) is 0. The maximum atomic E-state index is 3.03. The van der Waals surface area contributed by atoms with E-state index in [-0.39, 0.29) is 0 Å². The van der Waals surface area contributed by atoms with Gasteiger partial charge in [-0.1, -0.05) is 0 Å². The van der Waals surface area contributed by atoms with Gasteiger partial charge in [0.05, 0.1) is 0 Å². The molecule has 160 valence electrons. The monoisotopic (exact) mass is 498 g/mol. The zero-order chi connectivity index (χ0) is 19.6. The van der Waals surface area contributed by atoms with Crippen molar-refractivity contribution in [3.05, 3.63) is 0 Å².